The van der Waals surface area contributed by atoms with Gasteiger partial charge in [0.2, 0.25) is 0 Å². The van der Waals surface area contributed by atoms with Gasteiger partial charge in [-0.2, -0.15) is 10.2 Å². The van der Waals surface area contributed by atoms with Crippen molar-refractivity contribution in [3.8, 4) is 5.69 Å². The van der Waals surface area contributed by atoms with Crippen molar-refractivity contribution in [2.45, 2.75) is 18.8 Å². The van der Waals surface area contributed by atoms with Crippen molar-refractivity contribution in [1.29, 1.82) is 0 Å². The molecule has 2 aromatic heterocycles. The van der Waals surface area contributed by atoms with E-state index in [1.807, 2.05) is 41.4 Å². The van der Waals surface area contributed by atoms with Gasteiger partial charge in [-0.3, -0.25) is 5.10 Å². The van der Waals surface area contributed by atoms with E-state index in [9.17, 15) is 4.79 Å². The quantitative estimate of drug-likeness (QED) is 0.768. The first kappa shape index (κ1) is 15.4. The largest absolute Gasteiger partial charge is 0.324 e. The van der Waals surface area contributed by atoms with Crippen LogP contribution in [-0.2, 0) is 0 Å². The zero-order valence-corrected chi connectivity index (χ0v) is 13.7. The van der Waals surface area contributed by atoms with Crippen molar-refractivity contribution in [2.24, 2.45) is 0 Å². The third-order valence-electron chi connectivity index (χ3n) is 4.43. The smallest absolute Gasteiger partial charge is 0.321 e. The van der Waals surface area contributed by atoms with Crippen LogP contribution in [0.15, 0.2) is 49.1 Å². The fourth-order valence-corrected chi connectivity index (χ4v) is 3.18. The predicted molar refractivity (Wildman–Crippen MR) is 92.5 cm³/mol. The van der Waals surface area contributed by atoms with Gasteiger partial charge in [0.15, 0.2) is 0 Å². The summed E-state index contributed by atoms with van der Waals surface area (Å²) in [5, 5.41) is 14.1. The average Bonchev–Trinajstić information content (AvgIpc) is 3.36. The molecule has 3 aromatic rings. The first-order valence-electron chi connectivity index (χ1n) is 8.31. The van der Waals surface area contributed by atoms with Crippen LogP contribution in [0.25, 0.3) is 5.69 Å². The lowest BCUT2D eigenvalue weighted by molar-refractivity contribution is 0.191. The summed E-state index contributed by atoms with van der Waals surface area (Å²) in [7, 11) is 0. The number of anilines is 1. The number of aromatic nitrogens is 5. The highest BCUT2D eigenvalue weighted by Crippen LogP contribution is 2.25. The van der Waals surface area contributed by atoms with Crippen molar-refractivity contribution in [3.05, 3.63) is 54.9 Å². The third-order valence-corrected chi connectivity index (χ3v) is 4.43. The molecule has 1 atom stereocenters. The van der Waals surface area contributed by atoms with Gasteiger partial charge in [0, 0.05) is 31.4 Å². The van der Waals surface area contributed by atoms with E-state index < -0.39 is 0 Å². The van der Waals surface area contributed by atoms with Gasteiger partial charge < -0.3 is 10.2 Å². The number of nitrogens with zero attached hydrogens (tertiary/aromatic N) is 5. The van der Waals surface area contributed by atoms with Crippen LogP contribution in [0.4, 0.5) is 10.5 Å². The average molecular weight is 337 g/mol. The number of piperidine rings is 1. The number of rotatable bonds is 3. The monoisotopic (exact) mass is 337 g/mol. The Hall–Kier alpha value is -3.16. The second-order valence-corrected chi connectivity index (χ2v) is 6.05. The standard InChI is InChI=1S/C17H19N7O/c25-17(23-9-3-5-13(11-23)16-18-12-19-22-16)21-14-6-1-2-7-15(14)24-10-4-8-20-24/h1-2,4,6-8,10,12-13H,3,5,9,11H2,(H,21,25)(H,18,19,22)/t13-/m1/s1. The van der Waals surface area contributed by atoms with Gasteiger partial charge in [0.05, 0.1) is 11.4 Å². The minimum Gasteiger partial charge on any atom is -0.324 e. The molecule has 1 aromatic carbocycles. The number of nitrogens with one attached hydrogen (secondary N) is 2. The van der Waals surface area contributed by atoms with E-state index in [2.05, 4.69) is 25.6 Å². The normalized spacial score (nSPS) is 17.4. The number of carbonyl (C=O) groups is 1. The van der Waals surface area contributed by atoms with E-state index in [1.54, 1.807) is 10.9 Å². The SMILES string of the molecule is O=C(Nc1ccccc1-n1cccn1)N1CCC[C@@H](c2ncn[nH]2)C1. The van der Waals surface area contributed by atoms with Gasteiger partial charge in [-0.05, 0) is 31.0 Å². The molecule has 0 unspecified atom stereocenters. The lowest BCUT2D eigenvalue weighted by Gasteiger charge is -2.31. The minimum atomic E-state index is -0.108. The Bertz CT molecular complexity index is 829. The Balaban J connectivity index is 1.49. The molecule has 1 aliphatic heterocycles. The summed E-state index contributed by atoms with van der Waals surface area (Å²) < 4.78 is 1.74. The molecule has 0 spiro atoms. The topological polar surface area (TPSA) is 91.7 Å². The maximum Gasteiger partial charge on any atom is 0.321 e. The number of amides is 2. The highest BCUT2D eigenvalue weighted by Gasteiger charge is 2.26. The summed E-state index contributed by atoms with van der Waals surface area (Å²) in [6.45, 7) is 1.37. The number of likely N-dealkylation sites (tertiary alicyclic amines) is 1. The first-order valence-corrected chi connectivity index (χ1v) is 8.31. The van der Waals surface area contributed by atoms with Crippen molar-refractivity contribution in [3.63, 3.8) is 0 Å². The van der Waals surface area contributed by atoms with Crippen LogP contribution in [0.2, 0.25) is 0 Å². The summed E-state index contributed by atoms with van der Waals surface area (Å²) in [5.41, 5.74) is 1.57. The molecule has 0 radical (unpaired) electrons. The molecule has 1 aliphatic rings. The third kappa shape index (κ3) is 3.23. The van der Waals surface area contributed by atoms with Crippen LogP contribution < -0.4 is 5.32 Å². The number of aromatic amines is 1. The van der Waals surface area contributed by atoms with Gasteiger partial charge in [0.1, 0.15) is 12.2 Å². The number of carbonyl (C=O) groups excluding carboxylic acids is 1. The van der Waals surface area contributed by atoms with E-state index in [0.717, 1.165) is 36.6 Å². The molecule has 1 fully saturated rings. The maximum absolute atomic E-state index is 12.7. The van der Waals surface area contributed by atoms with Crippen LogP contribution in [0.1, 0.15) is 24.6 Å². The molecule has 3 heterocycles. The van der Waals surface area contributed by atoms with Crippen molar-refractivity contribution < 1.29 is 4.79 Å². The van der Waals surface area contributed by atoms with E-state index >= 15 is 0 Å². The van der Waals surface area contributed by atoms with Crippen LogP contribution in [-0.4, -0.2) is 49.0 Å². The number of hydrogen-bond donors (Lipinski definition) is 2. The van der Waals surface area contributed by atoms with Gasteiger partial charge in [-0.15, -0.1) is 0 Å². The van der Waals surface area contributed by atoms with Crippen LogP contribution in [0.5, 0.6) is 0 Å². The Kier molecular flexibility index (Phi) is 4.16. The van der Waals surface area contributed by atoms with E-state index in [-0.39, 0.29) is 11.9 Å². The van der Waals surface area contributed by atoms with Crippen LogP contribution in [0, 0.1) is 0 Å². The number of para-hydroxylation sites is 2. The Morgan fingerprint density at radius 2 is 2.20 bits per heavy atom. The Morgan fingerprint density at radius 1 is 1.28 bits per heavy atom. The summed E-state index contributed by atoms with van der Waals surface area (Å²) in [6.07, 6.45) is 7.02. The fourth-order valence-electron chi connectivity index (χ4n) is 3.18. The Morgan fingerprint density at radius 3 is 3.00 bits per heavy atom. The fraction of sp³-hybridized carbons (Fsp3) is 0.294. The first-order chi connectivity index (χ1) is 12.3. The zero-order chi connectivity index (χ0) is 17.1. The van der Waals surface area contributed by atoms with Gasteiger partial charge in [0.25, 0.3) is 0 Å². The molecule has 128 valence electrons. The lowest BCUT2D eigenvalue weighted by Crippen LogP contribution is -2.42. The lowest BCUT2D eigenvalue weighted by atomic mass is 9.98. The van der Waals surface area contributed by atoms with Crippen molar-refractivity contribution in [1.82, 2.24) is 29.9 Å². The molecule has 1 saturated heterocycles. The number of benzene rings is 1. The predicted octanol–water partition coefficient (Wildman–Crippen LogP) is 2.40. The summed E-state index contributed by atoms with van der Waals surface area (Å²) >= 11 is 0. The summed E-state index contributed by atoms with van der Waals surface area (Å²) in [6, 6.07) is 9.38. The van der Waals surface area contributed by atoms with Gasteiger partial charge in [-0.25, -0.2) is 14.5 Å². The molecule has 2 amide bonds. The van der Waals surface area contributed by atoms with Crippen molar-refractivity contribution in [2.75, 3.05) is 18.4 Å². The molecule has 8 heteroatoms. The highest BCUT2D eigenvalue weighted by molar-refractivity contribution is 5.91. The molecule has 0 saturated carbocycles. The van der Waals surface area contributed by atoms with Crippen molar-refractivity contribution >= 4 is 11.7 Å². The molecular weight excluding hydrogens is 318 g/mol. The van der Waals surface area contributed by atoms with Gasteiger partial charge in [-0.1, -0.05) is 12.1 Å². The second kappa shape index (κ2) is 6.76. The maximum atomic E-state index is 12.7. The molecule has 8 nitrogen and oxygen atoms in total. The molecule has 0 bridgehead atoms. The number of hydrogen-bond acceptors (Lipinski definition) is 4. The zero-order valence-electron chi connectivity index (χ0n) is 13.7. The molecule has 0 aliphatic carbocycles. The van der Waals surface area contributed by atoms with E-state index in [1.165, 1.54) is 6.33 Å². The molecular formula is C17H19N7O. The Labute approximate surface area is 144 Å². The summed E-state index contributed by atoms with van der Waals surface area (Å²) in [4.78, 5) is 18.8. The van der Waals surface area contributed by atoms with Crippen LogP contribution >= 0.6 is 0 Å². The summed E-state index contributed by atoms with van der Waals surface area (Å²) in [5.74, 6) is 1.04. The highest BCUT2D eigenvalue weighted by atomic mass is 16.2. The van der Waals surface area contributed by atoms with Gasteiger partial charge >= 0.3 is 6.03 Å². The molecule has 2 N–H and O–H groups in total. The molecule has 4 rings (SSSR count). The molecule has 25 heavy (non-hydrogen) atoms. The van der Waals surface area contributed by atoms with E-state index in [4.69, 9.17) is 0 Å². The minimum absolute atomic E-state index is 0.108. The number of urea groups is 1. The van der Waals surface area contributed by atoms with E-state index in [0.29, 0.717) is 6.54 Å². The second-order valence-electron chi connectivity index (χ2n) is 6.05. The number of H-pyrrole nitrogens is 1. The van der Waals surface area contributed by atoms with Crippen LogP contribution in [0.3, 0.4) is 0 Å².